The van der Waals surface area contributed by atoms with Gasteiger partial charge < -0.3 is 0 Å². The smallest absolute Gasteiger partial charge is 0.251 e. The normalized spacial score (nSPS) is 22.8. The van der Waals surface area contributed by atoms with Gasteiger partial charge in [-0.25, -0.2) is 5.14 Å². The molecule has 1 saturated heterocycles. The van der Waals surface area contributed by atoms with Gasteiger partial charge in [-0.3, -0.25) is 4.39 Å². The van der Waals surface area contributed by atoms with E-state index >= 15 is 0 Å². The number of piperidine rings is 1. The van der Waals surface area contributed by atoms with Crippen LogP contribution in [0.15, 0.2) is 0 Å². The Morgan fingerprint density at radius 3 is 2.25 bits per heavy atom. The molecule has 0 radical (unpaired) electrons. The van der Waals surface area contributed by atoms with E-state index in [0.29, 0.717) is 25.9 Å². The third-order valence-corrected chi connectivity index (χ3v) is 3.24. The fraction of sp³-hybridized carbons (Fsp3) is 1.00. The SMILES string of the molecule is NS(=O)(=O)N1CCC(CF)CC1. The first kappa shape index (κ1) is 9.88. The average Bonchev–Trinajstić information content (AvgIpc) is 2.03. The lowest BCUT2D eigenvalue weighted by Crippen LogP contribution is -2.42. The molecular formula is C6H13FN2O2S. The van der Waals surface area contributed by atoms with Gasteiger partial charge >= 0.3 is 0 Å². The van der Waals surface area contributed by atoms with Crippen LogP contribution in [0.25, 0.3) is 0 Å². The van der Waals surface area contributed by atoms with Gasteiger partial charge in [-0.05, 0) is 18.8 Å². The van der Waals surface area contributed by atoms with Gasteiger partial charge in [0.15, 0.2) is 0 Å². The molecule has 0 amide bonds. The number of alkyl halides is 1. The summed E-state index contributed by atoms with van der Waals surface area (Å²) in [5.74, 6) is 0.0167. The van der Waals surface area contributed by atoms with Crippen LogP contribution in [-0.4, -0.2) is 32.5 Å². The second kappa shape index (κ2) is 3.68. The predicted octanol–water partition coefficient (Wildman–Crippen LogP) is -0.129. The summed E-state index contributed by atoms with van der Waals surface area (Å²) in [4.78, 5) is 0. The van der Waals surface area contributed by atoms with Gasteiger partial charge in [0.2, 0.25) is 0 Å². The minimum absolute atomic E-state index is 0.0167. The summed E-state index contributed by atoms with van der Waals surface area (Å²) < 4.78 is 34.9. The number of hydrogen-bond donors (Lipinski definition) is 1. The molecule has 0 bridgehead atoms. The highest BCUT2D eigenvalue weighted by atomic mass is 32.2. The Balaban J connectivity index is 2.47. The second-order valence-electron chi connectivity index (χ2n) is 3.04. The van der Waals surface area contributed by atoms with Crippen LogP contribution >= 0.6 is 0 Å². The standard InChI is InChI=1S/C6H13FN2O2S/c7-5-6-1-3-9(4-2-6)12(8,10)11/h6H,1-5H2,(H2,8,10,11). The van der Waals surface area contributed by atoms with E-state index in [4.69, 9.17) is 5.14 Å². The molecule has 1 rings (SSSR count). The molecule has 4 nitrogen and oxygen atoms in total. The lowest BCUT2D eigenvalue weighted by molar-refractivity contribution is 0.233. The van der Waals surface area contributed by atoms with E-state index in [9.17, 15) is 12.8 Å². The molecule has 0 spiro atoms. The summed E-state index contributed by atoms with van der Waals surface area (Å²) in [6.07, 6.45) is 1.15. The van der Waals surface area contributed by atoms with Crippen molar-refractivity contribution in [3.8, 4) is 0 Å². The third-order valence-electron chi connectivity index (χ3n) is 2.15. The van der Waals surface area contributed by atoms with Crippen LogP contribution in [0.1, 0.15) is 12.8 Å². The van der Waals surface area contributed by atoms with Crippen LogP contribution in [0.3, 0.4) is 0 Å². The highest BCUT2D eigenvalue weighted by Crippen LogP contribution is 2.18. The molecule has 0 aromatic heterocycles. The molecule has 12 heavy (non-hydrogen) atoms. The average molecular weight is 196 g/mol. The topological polar surface area (TPSA) is 63.4 Å². The van der Waals surface area contributed by atoms with Crippen LogP contribution in [-0.2, 0) is 10.2 Å². The Morgan fingerprint density at radius 1 is 1.42 bits per heavy atom. The van der Waals surface area contributed by atoms with Gasteiger partial charge in [0, 0.05) is 13.1 Å². The largest absolute Gasteiger partial charge is 0.276 e. The van der Waals surface area contributed by atoms with E-state index in [1.807, 2.05) is 0 Å². The maximum atomic E-state index is 12.1. The molecular weight excluding hydrogens is 183 g/mol. The van der Waals surface area contributed by atoms with Gasteiger partial charge in [0.25, 0.3) is 10.2 Å². The van der Waals surface area contributed by atoms with Crippen molar-refractivity contribution in [1.82, 2.24) is 4.31 Å². The van der Waals surface area contributed by atoms with Gasteiger partial charge in [-0.1, -0.05) is 0 Å². The number of nitrogens with zero attached hydrogens (tertiary/aromatic N) is 1. The molecule has 72 valence electrons. The molecule has 0 aromatic carbocycles. The molecule has 0 aromatic rings. The fourth-order valence-electron chi connectivity index (χ4n) is 1.32. The van der Waals surface area contributed by atoms with Crippen molar-refractivity contribution in [2.24, 2.45) is 11.1 Å². The van der Waals surface area contributed by atoms with Crippen molar-refractivity contribution in [3.63, 3.8) is 0 Å². The van der Waals surface area contributed by atoms with Gasteiger partial charge in [0.05, 0.1) is 6.67 Å². The van der Waals surface area contributed by atoms with Crippen molar-refractivity contribution < 1.29 is 12.8 Å². The summed E-state index contributed by atoms with van der Waals surface area (Å²) in [6.45, 7) is 0.347. The molecule has 6 heteroatoms. The maximum absolute atomic E-state index is 12.1. The van der Waals surface area contributed by atoms with Crippen LogP contribution in [0, 0.1) is 5.92 Å². The Bertz CT molecular complexity index is 234. The zero-order valence-electron chi connectivity index (χ0n) is 6.74. The predicted molar refractivity (Wildman–Crippen MR) is 43.4 cm³/mol. The number of halogens is 1. The summed E-state index contributed by atoms with van der Waals surface area (Å²) in [5.41, 5.74) is 0. The quantitative estimate of drug-likeness (QED) is 0.668. The molecule has 0 aliphatic carbocycles. The van der Waals surface area contributed by atoms with Crippen LogP contribution in [0.5, 0.6) is 0 Å². The van der Waals surface area contributed by atoms with E-state index in [1.165, 1.54) is 4.31 Å². The number of rotatable bonds is 2. The van der Waals surface area contributed by atoms with E-state index < -0.39 is 10.2 Å². The van der Waals surface area contributed by atoms with Crippen molar-refractivity contribution in [2.75, 3.05) is 19.8 Å². The van der Waals surface area contributed by atoms with Crippen molar-refractivity contribution >= 4 is 10.2 Å². The molecule has 1 heterocycles. The van der Waals surface area contributed by atoms with E-state index in [2.05, 4.69) is 0 Å². The lowest BCUT2D eigenvalue weighted by atomic mass is 10.0. The highest BCUT2D eigenvalue weighted by Gasteiger charge is 2.24. The Hall–Kier alpha value is -0.200. The van der Waals surface area contributed by atoms with Crippen LogP contribution < -0.4 is 5.14 Å². The van der Waals surface area contributed by atoms with Gasteiger partial charge in [-0.2, -0.15) is 12.7 Å². The summed E-state index contributed by atoms with van der Waals surface area (Å²) in [5, 5.41) is 4.90. The fourth-order valence-corrected chi connectivity index (χ4v) is 2.04. The van der Waals surface area contributed by atoms with Crippen molar-refractivity contribution in [2.45, 2.75) is 12.8 Å². The van der Waals surface area contributed by atoms with E-state index in [1.54, 1.807) is 0 Å². The zero-order chi connectivity index (χ0) is 9.19. The van der Waals surface area contributed by atoms with Crippen molar-refractivity contribution in [1.29, 1.82) is 0 Å². The molecule has 0 unspecified atom stereocenters. The first-order valence-corrected chi connectivity index (χ1v) is 5.38. The summed E-state index contributed by atoms with van der Waals surface area (Å²) in [6, 6.07) is 0. The third kappa shape index (κ3) is 2.40. The maximum Gasteiger partial charge on any atom is 0.276 e. The Morgan fingerprint density at radius 2 is 1.92 bits per heavy atom. The molecule has 2 N–H and O–H groups in total. The number of hydrogen-bond acceptors (Lipinski definition) is 2. The Kier molecular flexibility index (Phi) is 3.03. The van der Waals surface area contributed by atoms with Crippen molar-refractivity contribution in [3.05, 3.63) is 0 Å². The molecule has 0 atom stereocenters. The van der Waals surface area contributed by atoms with E-state index in [0.717, 1.165) is 0 Å². The summed E-state index contributed by atoms with van der Waals surface area (Å²) >= 11 is 0. The first-order valence-electron chi connectivity index (χ1n) is 3.88. The van der Waals surface area contributed by atoms with Crippen LogP contribution in [0.4, 0.5) is 4.39 Å². The first-order chi connectivity index (χ1) is 5.54. The van der Waals surface area contributed by atoms with E-state index in [-0.39, 0.29) is 12.6 Å². The highest BCUT2D eigenvalue weighted by molar-refractivity contribution is 7.86. The second-order valence-corrected chi connectivity index (χ2v) is 4.59. The lowest BCUT2D eigenvalue weighted by Gasteiger charge is -2.28. The Labute approximate surface area is 71.7 Å². The monoisotopic (exact) mass is 196 g/mol. The summed E-state index contributed by atoms with van der Waals surface area (Å²) in [7, 11) is -3.55. The zero-order valence-corrected chi connectivity index (χ0v) is 7.56. The van der Waals surface area contributed by atoms with Crippen LogP contribution in [0.2, 0.25) is 0 Å². The molecule has 1 aliphatic heterocycles. The number of nitrogens with two attached hydrogens (primary N) is 1. The molecule has 0 saturated carbocycles. The van der Waals surface area contributed by atoms with Gasteiger partial charge in [0.1, 0.15) is 0 Å². The molecule has 1 fully saturated rings. The molecule has 1 aliphatic rings. The van der Waals surface area contributed by atoms with Gasteiger partial charge in [-0.15, -0.1) is 0 Å². The minimum Gasteiger partial charge on any atom is -0.251 e. The minimum atomic E-state index is -3.55.